The van der Waals surface area contributed by atoms with E-state index in [-0.39, 0.29) is 5.91 Å². The molecule has 3 rings (SSSR count). The van der Waals surface area contributed by atoms with E-state index in [2.05, 4.69) is 30.9 Å². The number of hydrogen-bond donors (Lipinski definition) is 3. The molecule has 0 saturated heterocycles. The van der Waals surface area contributed by atoms with E-state index in [1.165, 1.54) is 0 Å². The maximum atomic E-state index is 12.9. The van der Waals surface area contributed by atoms with E-state index in [0.717, 1.165) is 11.3 Å². The second-order valence-electron chi connectivity index (χ2n) is 5.77. The Kier molecular flexibility index (Phi) is 6.01. The number of anilines is 3. The van der Waals surface area contributed by atoms with Crippen molar-refractivity contribution in [3.8, 4) is 17.1 Å². The van der Waals surface area contributed by atoms with Gasteiger partial charge in [0.25, 0.3) is 5.91 Å². The minimum absolute atomic E-state index is 0.320. The zero-order valence-corrected chi connectivity index (χ0v) is 16.0. The van der Waals surface area contributed by atoms with Crippen molar-refractivity contribution >= 4 is 23.2 Å². The fourth-order valence-corrected chi connectivity index (χ4v) is 2.66. The first-order valence-electron chi connectivity index (χ1n) is 8.88. The van der Waals surface area contributed by atoms with Crippen molar-refractivity contribution in [3.05, 3.63) is 54.4 Å². The van der Waals surface area contributed by atoms with Crippen LogP contribution < -0.4 is 20.7 Å². The highest BCUT2D eigenvalue weighted by Gasteiger charge is 2.21. The number of nitrogens with one attached hydrogen (secondary N) is 3. The van der Waals surface area contributed by atoms with Gasteiger partial charge in [-0.05, 0) is 43.3 Å². The number of benzene rings is 1. The van der Waals surface area contributed by atoms with Gasteiger partial charge in [-0.15, -0.1) is 0 Å². The summed E-state index contributed by atoms with van der Waals surface area (Å²) >= 11 is 0. The summed E-state index contributed by atoms with van der Waals surface area (Å²) in [4.78, 5) is 25.9. The third-order valence-electron chi connectivity index (χ3n) is 3.97. The topological polar surface area (TPSA) is 101 Å². The molecular weight excluding hydrogens is 356 g/mol. The molecule has 1 aromatic carbocycles. The molecule has 0 aliphatic rings. The number of rotatable bonds is 7. The number of ether oxygens (including phenoxy) is 1. The Hall–Kier alpha value is -3.68. The second kappa shape index (κ2) is 8.81. The Morgan fingerprint density at radius 2 is 1.57 bits per heavy atom. The molecule has 28 heavy (non-hydrogen) atoms. The smallest absolute Gasteiger partial charge is 0.263 e. The average molecular weight is 378 g/mol. The van der Waals surface area contributed by atoms with Crippen LogP contribution in [0.1, 0.15) is 17.3 Å². The minimum atomic E-state index is -0.320. The quantitative estimate of drug-likeness (QED) is 0.580. The van der Waals surface area contributed by atoms with E-state index in [0.29, 0.717) is 35.3 Å². The van der Waals surface area contributed by atoms with E-state index in [9.17, 15) is 4.79 Å². The molecule has 3 N–H and O–H groups in total. The zero-order valence-electron chi connectivity index (χ0n) is 16.0. The molecule has 8 nitrogen and oxygen atoms in total. The third kappa shape index (κ3) is 4.17. The molecular formula is C20H22N6O2. The number of aromatic nitrogens is 3. The molecule has 0 aliphatic carbocycles. The molecule has 0 radical (unpaired) electrons. The Labute approximate surface area is 163 Å². The van der Waals surface area contributed by atoms with Gasteiger partial charge >= 0.3 is 0 Å². The van der Waals surface area contributed by atoms with Crippen LogP contribution in [0, 0.1) is 0 Å². The lowest BCUT2D eigenvalue weighted by molar-refractivity contribution is 0.102. The summed E-state index contributed by atoms with van der Waals surface area (Å²) in [7, 11) is 3.43. The van der Waals surface area contributed by atoms with Gasteiger partial charge in [-0.2, -0.15) is 0 Å². The molecule has 2 aromatic heterocycles. The van der Waals surface area contributed by atoms with Gasteiger partial charge in [0.15, 0.2) is 5.82 Å². The van der Waals surface area contributed by atoms with Crippen LogP contribution in [-0.2, 0) is 0 Å². The highest BCUT2D eigenvalue weighted by Crippen LogP contribution is 2.26. The minimum Gasteiger partial charge on any atom is -0.494 e. The summed E-state index contributed by atoms with van der Waals surface area (Å²) in [5.41, 5.74) is 1.79. The molecule has 8 heteroatoms. The Bertz CT molecular complexity index is 920. The third-order valence-corrected chi connectivity index (χ3v) is 3.97. The number of carbonyl (C=O) groups is 1. The van der Waals surface area contributed by atoms with E-state index in [1.807, 2.05) is 19.1 Å². The molecule has 0 saturated carbocycles. The van der Waals surface area contributed by atoms with Crippen LogP contribution in [0.2, 0.25) is 0 Å². The van der Waals surface area contributed by atoms with E-state index < -0.39 is 0 Å². The number of hydrogen-bond acceptors (Lipinski definition) is 7. The first-order chi connectivity index (χ1) is 13.7. The molecule has 0 unspecified atom stereocenters. The Balaban J connectivity index is 1.92. The lowest BCUT2D eigenvalue weighted by Crippen LogP contribution is -2.18. The first kappa shape index (κ1) is 19.1. The molecule has 1 amide bonds. The lowest BCUT2D eigenvalue weighted by Gasteiger charge is -2.15. The van der Waals surface area contributed by atoms with Gasteiger partial charge in [-0.3, -0.25) is 9.78 Å². The van der Waals surface area contributed by atoms with Crippen LogP contribution in [0.3, 0.4) is 0 Å². The molecule has 0 fully saturated rings. The van der Waals surface area contributed by atoms with Crippen molar-refractivity contribution < 1.29 is 9.53 Å². The van der Waals surface area contributed by atoms with Gasteiger partial charge in [0, 0.05) is 37.7 Å². The number of amides is 1. The summed E-state index contributed by atoms with van der Waals surface area (Å²) in [5.74, 6) is 1.77. The Morgan fingerprint density at radius 1 is 0.964 bits per heavy atom. The highest BCUT2D eigenvalue weighted by atomic mass is 16.5. The molecule has 3 aromatic rings. The van der Waals surface area contributed by atoms with Crippen molar-refractivity contribution in [1.29, 1.82) is 0 Å². The van der Waals surface area contributed by atoms with Crippen LogP contribution in [0.5, 0.6) is 5.75 Å². The van der Waals surface area contributed by atoms with Gasteiger partial charge in [0.1, 0.15) is 22.9 Å². The summed E-state index contributed by atoms with van der Waals surface area (Å²) in [6.07, 6.45) is 3.34. The van der Waals surface area contributed by atoms with Crippen molar-refractivity contribution in [1.82, 2.24) is 15.0 Å². The number of carbonyl (C=O) groups excluding carboxylic acids is 1. The normalized spacial score (nSPS) is 10.2. The van der Waals surface area contributed by atoms with Crippen molar-refractivity contribution in [3.63, 3.8) is 0 Å². The van der Waals surface area contributed by atoms with E-state index in [4.69, 9.17) is 4.74 Å². The molecule has 2 heterocycles. The largest absolute Gasteiger partial charge is 0.494 e. The molecule has 0 bridgehead atoms. The van der Waals surface area contributed by atoms with Gasteiger partial charge in [0.05, 0.1) is 6.61 Å². The summed E-state index contributed by atoms with van der Waals surface area (Å²) in [6, 6.07) is 10.8. The van der Waals surface area contributed by atoms with Gasteiger partial charge < -0.3 is 20.7 Å². The molecule has 144 valence electrons. The summed E-state index contributed by atoms with van der Waals surface area (Å²) in [5, 5.41) is 8.84. The predicted octanol–water partition coefficient (Wildman–Crippen LogP) is 3.27. The molecule has 0 atom stereocenters. The monoisotopic (exact) mass is 378 g/mol. The fraction of sp³-hybridized carbons (Fsp3) is 0.200. The second-order valence-corrected chi connectivity index (χ2v) is 5.77. The maximum Gasteiger partial charge on any atom is 0.263 e. The number of nitrogens with zero attached hydrogens (tertiary/aromatic N) is 3. The summed E-state index contributed by atoms with van der Waals surface area (Å²) < 4.78 is 5.42. The fourth-order valence-electron chi connectivity index (χ4n) is 2.66. The first-order valence-corrected chi connectivity index (χ1v) is 8.88. The van der Waals surface area contributed by atoms with Crippen LogP contribution in [-0.4, -0.2) is 41.6 Å². The van der Waals surface area contributed by atoms with E-state index >= 15 is 0 Å². The number of pyridine rings is 1. The van der Waals surface area contributed by atoms with Gasteiger partial charge in [0.2, 0.25) is 0 Å². The van der Waals surface area contributed by atoms with Gasteiger partial charge in [-0.25, -0.2) is 9.97 Å². The van der Waals surface area contributed by atoms with E-state index in [1.54, 1.807) is 50.8 Å². The van der Waals surface area contributed by atoms with Crippen LogP contribution in [0.4, 0.5) is 17.3 Å². The Morgan fingerprint density at radius 3 is 2.11 bits per heavy atom. The standard InChI is InChI=1S/C20H22N6O2/c1-4-28-15-7-5-14(6-8-15)24-20(27)16-18(21-2)25-17(26-19(16)22-3)13-9-11-23-12-10-13/h5-12H,4H2,1-3H3,(H,24,27)(H2,21,22,25,26). The summed E-state index contributed by atoms with van der Waals surface area (Å²) in [6.45, 7) is 2.51. The van der Waals surface area contributed by atoms with Crippen LogP contribution in [0.15, 0.2) is 48.8 Å². The average Bonchev–Trinajstić information content (AvgIpc) is 2.74. The predicted molar refractivity (Wildman–Crippen MR) is 110 cm³/mol. The van der Waals surface area contributed by atoms with Crippen LogP contribution in [0.25, 0.3) is 11.4 Å². The molecule has 0 spiro atoms. The SMILES string of the molecule is CCOc1ccc(NC(=O)c2c(NC)nc(-c3ccncc3)nc2NC)cc1. The van der Waals surface area contributed by atoms with Crippen molar-refractivity contribution in [2.75, 3.05) is 36.7 Å². The highest BCUT2D eigenvalue weighted by molar-refractivity contribution is 6.11. The van der Waals surface area contributed by atoms with Crippen LogP contribution >= 0.6 is 0 Å². The lowest BCUT2D eigenvalue weighted by atomic mass is 10.2. The zero-order chi connectivity index (χ0) is 19.9. The van der Waals surface area contributed by atoms with Crippen molar-refractivity contribution in [2.45, 2.75) is 6.92 Å². The van der Waals surface area contributed by atoms with Gasteiger partial charge in [-0.1, -0.05) is 0 Å². The maximum absolute atomic E-state index is 12.9. The molecule has 0 aliphatic heterocycles. The van der Waals surface area contributed by atoms with Crippen molar-refractivity contribution in [2.24, 2.45) is 0 Å².